The third-order valence-corrected chi connectivity index (χ3v) is 3.65. The molecule has 0 spiro atoms. The second-order valence-electron chi connectivity index (χ2n) is 5.31. The fraction of sp³-hybridized carbons (Fsp3) is 0.353. The van der Waals surface area contributed by atoms with E-state index in [0.717, 1.165) is 36.7 Å². The van der Waals surface area contributed by atoms with Crippen LogP contribution >= 0.6 is 0 Å². The molecule has 108 valence electrons. The molecule has 2 heterocycles. The van der Waals surface area contributed by atoms with Crippen molar-refractivity contribution in [1.29, 1.82) is 0 Å². The van der Waals surface area contributed by atoms with Crippen LogP contribution in [0.5, 0.6) is 0 Å². The van der Waals surface area contributed by atoms with Gasteiger partial charge in [-0.05, 0) is 12.0 Å². The van der Waals surface area contributed by atoms with Crippen LogP contribution in [0.25, 0.3) is 11.5 Å². The molecule has 4 heteroatoms. The molecule has 3 rings (SSSR count). The van der Waals surface area contributed by atoms with Crippen molar-refractivity contribution in [1.82, 2.24) is 19.5 Å². The monoisotopic (exact) mass is 280 g/mol. The van der Waals surface area contributed by atoms with Crippen LogP contribution in [0.1, 0.15) is 37.6 Å². The predicted molar refractivity (Wildman–Crippen MR) is 83.2 cm³/mol. The molecule has 0 saturated heterocycles. The number of fused-ring (bicyclic) bond motifs is 1. The molecule has 2 aliphatic heterocycles. The highest BCUT2D eigenvalue weighted by atomic mass is 15.1. The van der Waals surface area contributed by atoms with Gasteiger partial charge in [-0.1, -0.05) is 50.1 Å². The molecule has 0 saturated carbocycles. The van der Waals surface area contributed by atoms with Gasteiger partial charge in [0.15, 0.2) is 5.82 Å². The highest BCUT2D eigenvalue weighted by Crippen LogP contribution is 2.17. The number of aryl methyl sites for hydroxylation is 1. The normalized spacial score (nSPS) is 11.1. The van der Waals surface area contributed by atoms with E-state index in [1.54, 1.807) is 6.33 Å². The van der Waals surface area contributed by atoms with Gasteiger partial charge in [0.1, 0.15) is 17.8 Å². The van der Waals surface area contributed by atoms with Gasteiger partial charge in [0.2, 0.25) is 0 Å². The number of nitrogens with zero attached hydrogens (tertiary/aromatic N) is 4. The van der Waals surface area contributed by atoms with Crippen LogP contribution in [-0.2, 0) is 13.0 Å². The molecule has 0 unspecified atom stereocenters. The zero-order valence-corrected chi connectivity index (χ0v) is 12.4. The Kier molecular flexibility index (Phi) is 4.24. The SMILES string of the molecule is CCCCCc1nc2ncnc-2cn1Cc1ccccc1. The van der Waals surface area contributed by atoms with Crippen LogP contribution in [0.3, 0.4) is 0 Å². The maximum atomic E-state index is 4.69. The number of hydrogen-bond acceptors (Lipinski definition) is 3. The minimum absolute atomic E-state index is 0.755. The van der Waals surface area contributed by atoms with Crippen molar-refractivity contribution in [2.45, 2.75) is 39.2 Å². The number of aromatic nitrogens is 4. The van der Waals surface area contributed by atoms with Crippen molar-refractivity contribution >= 4 is 0 Å². The molecule has 0 amide bonds. The third kappa shape index (κ3) is 3.27. The second kappa shape index (κ2) is 6.48. The van der Waals surface area contributed by atoms with Crippen molar-refractivity contribution < 1.29 is 0 Å². The predicted octanol–water partition coefficient (Wildman–Crippen LogP) is 3.56. The highest BCUT2D eigenvalue weighted by molar-refractivity contribution is 5.48. The molecule has 2 aliphatic rings. The van der Waals surface area contributed by atoms with E-state index in [0.29, 0.717) is 0 Å². The lowest BCUT2D eigenvalue weighted by Crippen LogP contribution is -2.12. The number of imidazole rings is 1. The summed E-state index contributed by atoms with van der Waals surface area (Å²) < 4.78 is 2.21. The lowest BCUT2D eigenvalue weighted by molar-refractivity contribution is 0.633. The maximum Gasteiger partial charge on any atom is 0.182 e. The summed E-state index contributed by atoms with van der Waals surface area (Å²) in [6.45, 7) is 3.05. The van der Waals surface area contributed by atoms with Gasteiger partial charge in [-0.15, -0.1) is 0 Å². The number of hydrogen-bond donors (Lipinski definition) is 0. The smallest absolute Gasteiger partial charge is 0.182 e. The van der Waals surface area contributed by atoms with Crippen LogP contribution in [0.2, 0.25) is 0 Å². The average Bonchev–Trinajstić information content (AvgIpc) is 2.96. The molecule has 21 heavy (non-hydrogen) atoms. The Morgan fingerprint density at radius 3 is 2.71 bits per heavy atom. The largest absolute Gasteiger partial charge is 0.330 e. The number of benzene rings is 1. The first kappa shape index (κ1) is 13.7. The van der Waals surface area contributed by atoms with Gasteiger partial charge in [0.05, 0.1) is 0 Å². The van der Waals surface area contributed by atoms with Crippen LogP contribution in [-0.4, -0.2) is 19.5 Å². The molecular weight excluding hydrogens is 260 g/mol. The summed E-state index contributed by atoms with van der Waals surface area (Å²) in [7, 11) is 0. The van der Waals surface area contributed by atoms with Crippen molar-refractivity contribution in [3.05, 3.63) is 54.2 Å². The van der Waals surface area contributed by atoms with E-state index in [1.165, 1.54) is 18.4 Å². The van der Waals surface area contributed by atoms with Gasteiger partial charge in [0.25, 0.3) is 0 Å². The van der Waals surface area contributed by atoms with E-state index in [9.17, 15) is 0 Å². The van der Waals surface area contributed by atoms with Gasteiger partial charge >= 0.3 is 0 Å². The molecule has 4 nitrogen and oxygen atoms in total. The molecule has 0 bridgehead atoms. The molecule has 0 aliphatic carbocycles. The van der Waals surface area contributed by atoms with Crippen LogP contribution in [0.4, 0.5) is 0 Å². The summed E-state index contributed by atoms with van der Waals surface area (Å²) in [5, 5.41) is 0. The molecule has 0 atom stereocenters. The molecule has 1 aromatic carbocycles. The van der Waals surface area contributed by atoms with Gasteiger partial charge in [-0.25, -0.2) is 15.0 Å². The zero-order chi connectivity index (χ0) is 14.5. The standard InChI is InChI=1S/C17H20N4/c1-2-3-5-10-16-20-17-15(18-13-19-17)12-21(16)11-14-8-6-4-7-9-14/h4,6-9,12-13H,2-3,5,10-11H2,1H3. The Bertz CT molecular complexity index is 660. The quantitative estimate of drug-likeness (QED) is 0.648. The molecular formula is C17H20N4. The Hall–Kier alpha value is -2.23. The lowest BCUT2D eigenvalue weighted by Gasteiger charge is -2.14. The summed E-state index contributed by atoms with van der Waals surface area (Å²) in [6.07, 6.45) is 8.26. The summed E-state index contributed by atoms with van der Waals surface area (Å²) >= 11 is 0. The topological polar surface area (TPSA) is 43.6 Å². The zero-order valence-electron chi connectivity index (χ0n) is 12.4. The number of rotatable bonds is 6. The highest BCUT2D eigenvalue weighted by Gasteiger charge is 2.12. The summed E-state index contributed by atoms with van der Waals surface area (Å²) in [5.74, 6) is 1.85. The van der Waals surface area contributed by atoms with Crippen molar-refractivity contribution in [2.24, 2.45) is 0 Å². The Balaban J connectivity index is 1.90. The third-order valence-electron chi connectivity index (χ3n) is 3.65. The lowest BCUT2D eigenvalue weighted by atomic mass is 10.1. The maximum absolute atomic E-state index is 4.69. The van der Waals surface area contributed by atoms with Gasteiger partial charge < -0.3 is 4.57 Å². The molecule has 0 aromatic heterocycles. The molecule has 0 N–H and O–H groups in total. The first-order valence-corrected chi connectivity index (χ1v) is 7.57. The summed E-state index contributed by atoms with van der Waals surface area (Å²) in [4.78, 5) is 13.2. The van der Waals surface area contributed by atoms with Crippen LogP contribution < -0.4 is 0 Å². The van der Waals surface area contributed by atoms with Gasteiger partial charge in [0, 0.05) is 19.2 Å². The molecule has 0 radical (unpaired) electrons. The molecule has 1 aromatic rings. The minimum Gasteiger partial charge on any atom is -0.330 e. The first-order chi connectivity index (χ1) is 10.4. The van der Waals surface area contributed by atoms with Crippen molar-refractivity contribution in [3.63, 3.8) is 0 Å². The Morgan fingerprint density at radius 2 is 1.90 bits per heavy atom. The van der Waals surface area contributed by atoms with E-state index in [1.807, 2.05) is 6.07 Å². The average molecular weight is 280 g/mol. The van der Waals surface area contributed by atoms with E-state index in [4.69, 9.17) is 4.98 Å². The Labute approximate surface area is 125 Å². The number of unbranched alkanes of at least 4 members (excludes halogenated alkanes) is 2. The second-order valence-corrected chi connectivity index (χ2v) is 5.31. The van der Waals surface area contributed by atoms with Gasteiger partial charge in [-0.2, -0.15) is 0 Å². The van der Waals surface area contributed by atoms with Crippen molar-refractivity contribution in [3.8, 4) is 11.5 Å². The molecule has 0 fully saturated rings. The van der Waals surface area contributed by atoms with Gasteiger partial charge in [-0.3, -0.25) is 0 Å². The van der Waals surface area contributed by atoms with E-state index in [2.05, 4.69) is 51.9 Å². The van der Waals surface area contributed by atoms with E-state index >= 15 is 0 Å². The van der Waals surface area contributed by atoms with E-state index < -0.39 is 0 Å². The Morgan fingerprint density at radius 1 is 1.05 bits per heavy atom. The summed E-state index contributed by atoms with van der Waals surface area (Å²) in [5.41, 5.74) is 2.14. The van der Waals surface area contributed by atoms with E-state index in [-0.39, 0.29) is 0 Å². The van der Waals surface area contributed by atoms with Crippen molar-refractivity contribution in [2.75, 3.05) is 0 Å². The summed E-state index contributed by atoms with van der Waals surface area (Å²) in [6, 6.07) is 10.5. The van der Waals surface area contributed by atoms with Crippen LogP contribution in [0.15, 0.2) is 42.9 Å². The fourth-order valence-corrected chi connectivity index (χ4v) is 2.51. The van der Waals surface area contributed by atoms with Crippen LogP contribution in [0, 0.1) is 0 Å². The first-order valence-electron chi connectivity index (χ1n) is 7.57. The fourth-order valence-electron chi connectivity index (χ4n) is 2.51. The minimum atomic E-state index is 0.755.